The summed E-state index contributed by atoms with van der Waals surface area (Å²) in [5.41, 5.74) is 0.968. The highest BCUT2D eigenvalue weighted by Gasteiger charge is 2.07. The van der Waals surface area contributed by atoms with Crippen molar-refractivity contribution in [2.45, 2.75) is 20.3 Å². The van der Waals surface area contributed by atoms with E-state index >= 15 is 0 Å². The second-order valence-electron chi connectivity index (χ2n) is 5.47. The number of hydrogen-bond acceptors (Lipinski definition) is 4. The minimum Gasteiger partial charge on any atom is -0.497 e. The van der Waals surface area contributed by atoms with Crippen LogP contribution >= 0.6 is 12.4 Å². The molecule has 0 heterocycles. The number of carbonyl (C=O) groups excluding carboxylic acids is 1. The van der Waals surface area contributed by atoms with E-state index in [1.54, 1.807) is 7.11 Å². The number of methoxy groups -OCH3 is 1. The summed E-state index contributed by atoms with van der Waals surface area (Å²) in [7, 11) is 1.66. The van der Waals surface area contributed by atoms with Crippen molar-refractivity contribution >= 4 is 29.1 Å². The van der Waals surface area contributed by atoms with E-state index in [0.717, 1.165) is 41.7 Å². The molecule has 0 radical (unpaired) electrons. The summed E-state index contributed by atoms with van der Waals surface area (Å²) in [6.45, 7) is 7.40. The van der Waals surface area contributed by atoms with E-state index in [9.17, 15) is 4.79 Å². The van der Waals surface area contributed by atoms with Crippen molar-refractivity contribution in [1.29, 1.82) is 0 Å². The van der Waals surface area contributed by atoms with E-state index < -0.39 is 0 Å². The lowest BCUT2D eigenvalue weighted by atomic mass is 10.0. The van der Waals surface area contributed by atoms with Crippen molar-refractivity contribution in [3.63, 3.8) is 0 Å². The van der Waals surface area contributed by atoms with Gasteiger partial charge in [0.15, 0.2) is 0 Å². The molecule has 132 valence electrons. The first kappa shape index (κ1) is 20.3. The lowest BCUT2D eigenvalue weighted by molar-refractivity contribution is -0.143. The Balaban J connectivity index is 0.00000288. The predicted molar refractivity (Wildman–Crippen MR) is 100 cm³/mol. The van der Waals surface area contributed by atoms with Crippen LogP contribution in [0.1, 0.15) is 19.4 Å². The molecule has 2 aromatic carbocycles. The summed E-state index contributed by atoms with van der Waals surface area (Å²) in [6.07, 6.45) is 0.306. The molecule has 0 fully saturated rings. The van der Waals surface area contributed by atoms with Crippen LogP contribution in [0.2, 0.25) is 0 Å². The van der Waals surface area contributed by atoms with Gasteiger partial charge in [-0.2, -0.15) is 0 Å². The molecule has 0 saturated carbocycles. The summed E-state index contributed by atoms with van der Waals surface area (Å²) in [6, 6.07) is 11.9. The van der Waals surface area contributed by atoms with E-state index in [-0.39, 0.29) is 18.4 Å². The van der Waals surface area contributed by atoms with Crippen LogP contribution in [-0.2, 0) is 16.0 Å². The average molecular weight is 352 g/mol. The second-order valence-corrected chi connectivity index (χ2v) is 5.47. The van der Waals surface area contributed by atoms with Crippen LogP contribution in [0.15, 0.2) is 36.4 Å². The van der Waals surface area contributed by atoms with Crippen LogP contribution < -0.4 is 4.74 Å². The van der Waals surface area contributed by atoms with E-state index in [1.807, 2.05) is 36.4 Å². The first-order valence-electron chi connectivity index (χ1n) is 8.11. The Bertz CT molecular complexity index is 656. The van der Waals surface area contributed by atoms with Crippen molar-refractivity contribution in [2.75, 3.05) is 33.4 Å². The number of halogens is 1. The van der Waals surface area contributed by atoms with Crippen molar-refractivity contribution in [3.05, 3.63) is 42.0 Å². The number of benzene rings is 2. The first-order valence-corrected chi connectivity index (χ1v) is 8.11. The van der Waals surface area contributed by atoms with Crippen molar-refractivity contribution in [1.82, 2.24) is 4.90 Å². The van der Waals surface area contributed by atoms with Gasteiger partial charge >= 0.3 is 5.97 Å². The van der Waals surface area contributed by atoms with Crippen LogP contribution in [0.5, 0.6) is 5.75 Å². The molecule has 0 unspecified atom stereocenters. The first-order chi connectivity index (χ1) is 11.2. The van der Waals surface area contributed by atoms with Crippen LogP contribution in [0, 0.1) is 0 Å². The lowest BCUT2D eigenvalue weighted by Crippen LogP contribution is -2.28. The largest absolute Gasteiger partial charge is 0.497 e. The van der Waals surface area contributed by atoms with E-state index in [0.29, 0.717) is 13.0 Å². The maximum Gasteiger partial charge on any atom is 0.310 e. The van der Waals surface area contributed by atoms with Gasteiger partial charge in [0.1, 0.15) is 12.4 Å². The van der Waals surface area contributed by atoms with Gasteiger partial charge in [0.05, 0.1) is 13.5 Å². The van der Waals surface area contributed by atoms with Crippen molar-refractivity contribution < 1.29 is 14.3 Å². The summed E-state index contributed by atoms with van der Waals surface area (Å²) >= 11 is 0. The van der Waals surface area contributed by atoms with Gasteiger partial charge in [-0.3, -0.25) is 4.79 Å². The van der Waals surface area contributed by atoms with Gasteiger partial charge in [-0.25, -0.2) is 0 Å². The van der Waals surface area contributed by atoms with Crippen molar-refractivity contribution in [2.24, 2.45) is 0 Å². The number of ether oxygens (including phenoxy) is 2. The number of likely N-dealkylation sites (N-methyl/N-ethyl adjacent to an activating group) is 1. The molecule has 0 aliphatic heterocycles. The number of esters is 1. The zero-order valence-corrected chi connectivity index (χ0v) is 15.4. The molecule has 5 heteroatoms. The van der Waals surface area contributed by atoms with Crippen LogP contribution in [0.25, 0.3) is 10.8 Å². The Kier molecular flexibility index (Phi) is 8.58. The van der Waals surface area contributed by atoms with E-state index in [1.165, 1.54) is 0 Å². The summed E-state index contributed by atoms with van der Waals surface area (Å²) in [5, 5.41) is 2.20. The highest BCUT2D eigenvalue weighted by Crippen LogP contribution is 2.22. The molecule has 0 aliphatic carbocycles. The Labute approximate surface area is 150 Å². The number of carbonyl (C=O) groups is 1. The van der Waals surface area contributed by atoms with Crippen LogP contribution in [-0.4, -0.2) is 44.2 Å². The molecule has 0 atom stereocenters. The standard InChI is InChI=1S/C19H25NO3.ClH/c1-4-20(5-2)10-11-23-19(21)13-15-6-7-17-14-18(22-3)9-8-16(17)12-15;/h6-9,12,14H,4-5,10-11,13H2,1-3H3;1H. The molecule has 0 amide bonds. The topological polar surface area (TPSA) is 38.8 Å². The third-order valence-corrected chi connectivity index (χ3v) is 4.03. The van der Waals surface area contributed by atoms with Gasteiger partial charge in [0, 0.05) is 6.54 Å². The fraction of sp³-hybridized carbons (Fsp3) is 0.421. The minimum absolute atomic E-state index is 0. The maximum atomic E-state index is 11.9. The quantitative estimate of drug-likeness (QED) is 0.680. The number of fused-ring (bicyclic) bond motifs is 1. The highest BCUT2D eigenvalue weighted by molar-refractivity contribution is 5.86. The summed E-state index contributed by atoms with van der Waals surface area (Å²) < 4.78 is 10.5. The molecular weight excluding hydrogens is 326 g/mol. The maximum absolute atomic E-state index is 11.9. The molecule has 0 aliphatic rings. The normalized spacial score (nSPS) is 10.5. The molecule has 0 N–H and O–H groups in total. The molecule has 0 aromatic heterocycles. The van der Waals surface area contributed by atoms with E-state index in [2.05, 4.69) is 18.7 Å². The third kappa shape index (κ3) is 5.69. The SMILES string of the molecule is CCN(CC)CCOC(=O)Cc1ccc2cc(OC)ccc2c1.Cl. The second kappa shape index (κ2) is 10.2. The van der Waals surface area contributed by atoms with E-state index in [4.69, 9.17) is 9.47 Å². The van der Waals surface area contributed by atoms with Gasteiger partial charge in [-0.05, 0) is 41.6 Å². The highest BCUT2D eigenvalue weighted by atomic mass is 35.5. The predicted octanol–water partition coefficient (Wildman–Crippen LogP) is 3.70. The number of hydrogen-bond donors (Lipinski definition) is 0. The van der Waals surface area contributed by atoms with Gasteiger partial charge in [0.25, 0.3) is 0 Å². The Morgan fingerprint density at radius 3 is 2.38 bits per heavy atom. The smallest absolute Gasteiger partial charge is 0.310 e. The number of nitrogens with zero attached hydrogens (tertiary/aromatic N) is 1. The zero-order valence-electron chi connectivity index (χ0n) is 14.6. The van der Waals surface area contributed by atoms with Gasteiger partial charge in [0.2, 0.25) is 0 Å². The molecule has 0 spiro atoms. The zero-order chi connectivity index (χ0) is 16.7. The molecule has 0 bridgehead atoms. The van der Waals surface area contributed by atoms with Gasteiger partial charge in [-0.1, -0.05) is 38.1 Å². The Morgan fingerprint density at radius 2 is 1.71 bits per heavy atom. The molecule has 2 rings (SSSR count). The monoisotopic (exact) mass is 351 g/mol. The molecular formula is C19H26ClNO3. The average Bonchev–Trinajstić information content (AvgIpc) is 2.58. The third-order valence-electron chi connectivity index (χ3n) is 4.03. The summed E-state index contributed by atoms with van der Waals surface area (Å²) in [4.78, 5) is 14.2. The Hall–Kier alpha value is -1.78. The number of rotatable bonds is 8. The van der Waals surface area contributed by atoms with Crippen LogP contribution in [0.3, 0.4) is 0 Å². The summed E-state index contributed by atoms with van der Waals surface area (Å²) in [5.74, 6) is 0.658. The fourth-order valence-electron chi connectivity index (χ4n) is 2.56. The van der Waals surface area contributed by atoms with Gasteiger partial charge in [-0.15, -0.1) is 12.4 Å². The lowest BCUT2D eigenvalue weighted by Gasteiger charge is -2.17. The Morgan fingerprint density at radius 1 is 1.04 bits per heavy atom. The molecule has 4 nitrogen and oxygen atoms in total. The molecule has 0 saturated heterocycles. The molecule has 24 heavy (non-hydrogen) atoms. The van der Waals surface area contributed by atoms with Crippen LogP contribution in [0.4, 0.5) is 0 Å². The van der Waals surface area contributed by atoms with Gasteiger partial charge < -0.3 is 14.4 Å². The van der Waals surface area contributed by atoms with Crippen molar-refractivity contribution in [3.8, 4) is 5.75 Å². The minimum atomic E-state index is -0.176. The fourth-order valence-corrected chi connectivity index (χ4v) is 2.56. The molecule has 2 aromatic rings.